The fourth-order valence-electron chi connectivity index (χ4n) is 6.95. The monoisotopic (exact) mass is 334 g/mol. The number of hydrogen-bond donors (Lipinski definition) is 1. The van der Waals surface area contributed by atoms with Gasteiger partial charge in [-0.3, -0.25) is 4.79 Å². The summed E-state index contributed by atoms with van der Waals surface area (Å²) in [4.78, 5) is 11.8. The molecule has 8 atom stereocenters. The van der Waals surface area contributed by atoms with Gasteiger partial charge in [-0.1, -0.05) is 6.92 Å². The summed E-state index contributed by atoms with van der Waals surface area (Å²) in [5, 5.41) is 10.5. The summed E-state index contributed by atoms with van der Waals surface area (Å²) in [5.41, 5.74) is -0.240. The number of aliphatic hydroxyl groups is 1. The van der Waals surface area contributed by atoms with Crippen molar-refractivity contribution in [2.45, 2.75) is 83.8 Å². The average molecular weight is 335 g/mol. The molecule has 7 unspecified atom stereocenters. The summed E-state index contributed by atoms with van der Waals surface area (Å²) in [6.45, 7) is 6.77. The lowest BCUT2D eigenvalue weighted by molar-refractivity contribution is -0.191. The molecule has 0 aromatic carbocycles. The maximum atomic E-state index is 11.8. The molecule has 0 bridgehead atoms. The Kier molecular flexibility index (Phi) is 4.12. The third-order valence-corrected chi connectivity index (χ3v) is 8.18. The lowest BCUT2D eigenvalue weighted by atomic mass is 9.50. The summed E-state index contributed by atoms with van der Waals surface area (Å²) in [7, 11) is 0. The summed E-state index contributed by atoms with van der Waals surface area (Å²) >= 11 is 0. The first-order valence-electron chi connectivity index (χ1n) is 10.1. The lowest BCUT2D eigenvalue weighted by Crippen LogP contribution is -2.57. The van der Waals surface area contributed by atoms with Crippen LogP contribution < -0.4 is 0 Å². The number of carbonyl (C=O) groups excluding carboxylic acids is 1. The van der Waals surface area contributed by atoms with Crippen molar-refractivity contribution in [3.8, 4) is 0 Å². The van der Waals surface area contributed by atoms with Gasteiger partial charge in [0.2, 0.25) is 0 Å². The third-order valence-electron chi connectivity index (χ3n) is 8.18. The zero-order valence-corrected chi connectivity index (χ0v) is 15.6. The fourth-order valence-corrected chi connectivity index (χ4v) is 6.95. The minimum absolute atomic E-state index is 0.115. The number of ketones is 1. The normalized spacial score (nSPS) is 54.3. The van der Waals surface area contributed by atoms with Gasteiger partial charge in [0.25, 0.3) is 0 Å². The number of ether oxygens (including phenoxy) is 1. The molecule has 4 fully saturated rings. The van der Waals surface area contributed by atoms with Crippen molar-refractivity contribution in [3.63, 3.8) is 0 Å². The van der Waals surface area contributed by atoms with E-state index in [1.165, 1.54) is 32.1 Å². The van der Waals surface area contributed by atoms with Crippen molar-refractivity contribution in [3.05, 3.63) is 0 Å². The van der Waals surface area contributed by atoms with Crippen LogP contribution in [0.15, 0.2) is 0 Å². The van der Waals surface area contributed by atoms with E-state index in [4.69, 9.17) is 4.74 Å². The van der Waals surface area contributed by atoms with Gasteiger partial charge in [-0.25, -0.2) is 0 Å². The minimum atomic E-state index is -0.437. The van der Waals surface area contributed by atoms with E-state index in [9.17, 15) is 9.90 Å². The maximum Gasteiger partial charge on any atom is 0.135 e. The molecule has 1 N–H and O–H groups in total. The van der Waals surface area contributed by atoms with Crippen LogP contribution in [0.1, 0.15) is 72.1 Å². The van der Waals surface area contributed by atoms with E-state index in [-0.39, 0.29) is 11.3 Å². The molecule has 1 aliphatic heterocycles. The molecule has 3 saturated carbocycles. The van der Waals surface area contributed by atoms with Crippen LogP contribution in [0.5, 0.6) is 0 Å². The Morgan fingerprint density at radius 3 is 2.50 bits per heavy atom. The van der Waals surface area contributed by atoms with E-state index >= 15 is 0 Å². The van der Waals surface area contributed by atoms with Gasteiger partial charge < -0.3 is 9.84 Å². The van der Waals surface area contributed by atoms with Gasteiger partial charge in [0.05, 0.1) is 18.3 Å². The smallest absolute Gasteiger partial charge is 0.135 e. The Morgan fingerprint density at radius 2 is 1.75 bits per heavy atom. The van der Waals surface area contributed by atoms with Gasteiger partial charge in [0, 0.05) is 5.92 Å². The first kappa shape index (κ1) is 17.0. The summed E-state index contributed by atoms with van der Waals surface area (Å²) in [6, 6.07) is 0. The van der Waals surface area contributed by atoms with E-state index in [1.54, 1.807) is 6.92 Å². The van der Waals surface area contributed by atoms with Crippen molar-refractivity contribution in [1.29, 1.82) is 0 Å². The first-order valence-corrected chi connectivity index (χ1v) is 10.1. The molecule has 0 spiro atoms. The average Bonchev–Trinajstić information content (AvgIpc) is 2.52. The molecule has 0 aromatic heterocycles. The standard InChI is InChI=1S/C21H34O3/c1-13(22)15-10-20(2)8-6-17-16-7-9-21(3,23)11-14(16)4-5-18(17)19(20)24-12-15/h14-19,23H,4-12H2,1-3H3/t14?,15?,16?,17?,18?,19?,20?,21-/m1/s1. The van der Waals surface area contributed by atoms with Crippen molar-refractivity contribution in [1.82, 2.24) is 0 Å². The van der Waals surface area contributed by atoms with Crippen LogP contribution in [0, 0.1) is 35.0 Å². The summed E-state index contributed by atoms with van der Waals surface area (Å²) in [6.07, 6.45) is 9.56. The van der Waals surface area contributed by atoms with Crippen LogP contribution in [0.25, 0.3) is 0 Å². The van der Waals surface area contributed by atoms with Crippen LogP contribution in [-0.2, 0) is 9.53 Å². The van der Waals surface area contributed by atoms with Crippen LogP contribution in [0.4, 0.5) is 0 Å². The second-order valence-electron chi connectivity index (χ2n) is 10.0. The summed E-state index contributed by atoms with van der Waals surface area (Å²) in [5.74, 6) is 3.39. The van der Waals surface area contributed by atoms with Gasteiger partial charge >= 0.3 is 0 Å². The van der Waals surface area contributed by atoms with Crippen LogP contribution in [-0.4, -0.2) is 29.2 Å². The Bertz CT molecular complexity index is 513. The van der Waals surface area contributed by atoms with Gasteiger partial charge in [-0.2, -0.15) is 0 Å². The van der Waals surface area contributed by atoms with Crippen molar-refractivity contribution in [2.24, 2.45) is 35.0 Å². The lowest BCUT2D eigenvalue weighted by Gasteiger charge is -2.59. The number of rotatable bonds is 1. The second-order valence-corrected chi connectivity index (χ2v) is 10.0. The molecule has 0 amide bonds. The SMILES string of the molecule is CC(=O)C1COC2C3CCC4C[C@](C)(O)CCC4C3CCC2(C)C1. The molecule has 1 heterocycles. The number of hydrogen-bond acceptors (Lipinski definition) is 3. The molecule has 0 radical (unpaired) electrons. The molecule has 136 valence electrons. The van der Waals surface area contributed by atoms with Gasteiger partial charge in [0.1, 0.15) is 5.78 Å². The highest BCUT2D eigenvalue weighted by Crippen LogP contribution is 2.59. The molecule has 4 aliphatic rings. The molecule has 3 heteroatoms. The topological polar surface area (TPSA) is 46.5 Å². The molecule has 3 nitrogen and oxygen atoms in total. The molecular formula is C21H34O3. The fraction of sp³-hybridized carbons (Fsp3) is 0.952. The van der Waals surface area contributed by atoms with Crippen LogP contribution in [0.2, 0.25) is 0 Å². The highest BCUT2D eigenvalue weighted by Gasteiger charge is 2.55. The van der Waals surface area contributed by atoms with Crippen molar-refractivity contribution in [2.75, 3.05) is 6.61 Å². The van der Waals surface area contributed by atoms with E-state index in [2.05, 4.69) is 6.92 Å². The largest absolute Gasteiger partial charge is 0.390 e. The third kappa shape index (κ3) is 2.76. The first-order chi connectivity index (χ1) is 11.3. The van der Waals surface area contributed by atoms with Crippen LogP contribution >= 0.6 is 0 Å². The van der Waals surface area contributed by atoms with Crippen molar-refractivity contribution >= 4 is 5.78 Å². The van der Waals surface area contributed by atoms with Crippen molar-refractivity contribution < 1.29 is 14.6 Å². The second kappa shape index (κ2) is 5.81. The molecular weight excluding hydrogens is 300 g/mol. The van der Waals surface area contributed by atoms with E-state index in [0.717, 1.165) is 31.1 Å². The highest BCUT2D eigenvalue weighted by molar-refractivity contribution is 5.78. The molecule has 3 aliphatic carbocycles. The number of Topliss-reactive ketones (excluding diaryl/α,β-unsaturated/α-hetero) is 1. The molecule has 4 rings (SSSR count). The Morgan fingerprint density at radius 1 is 1.00 bits per heavy atom. The maximum absolute atomic E-state index is 11.8. The zero-order chi connectivity index (χ0) is 17.1. The van der Waals surface area contributed by atoms with Gasteiger partial charge in [-0.15, -0.1) is 0 Å². The summed E-state index contributed by atoms with van der Waals surface area (Å²) < 4.78 is 6.38. The van der Waals surface area contributed by atoms with E-state index in [1.807, 2.05) is 6.92 Å². The Labute approximate surface area is 146 Å². The van der Waals surface area contributed by atoms with E-state index in [0.29, 0.717) is 30.3 Å². The number of carbonyl (C=O) groups is 1. The minimum Gasteiger partial charge on any atom is -0.390 e. The molecule has 0 aromatic rings. The predicted octanol–water partition coefficient (Wildman–Crippen LogP) is 3.97. The van der Waals surface area contributed by atoms with E-state index < -0.39 is 5.60 Å². The molecule has 24 heavy (non-hydrogen) atoms. The quantitative estimate of drug-likeness (QED) is 0.789. The van der Waals surface area contributed by atoms with Crippen LogP contribution in [0.3, 0.4) is 0 Å². The predicted molar refractivity (Wildman–Crippen MR) is 93.5 cm³/mol. The zero-order valence-electron chi connectivity index (χ0n) is 15.6. The molecule has 1 saturated heterocycles. The Balaban J connectivity index is 1.51. The van der Waals surface area contributed by atoms with Gasteiger partial charge in [-0.05, 0) is 94.3 Å². The van der Waals surface area contributed by atoms with Gasteiger partial charge in [0.15, 0.2) is 0 Å². The Hall–Kier alpha value is -0.410. The number of fused-ring (bicyclic) bond motifs is 5. The highest BCUT2D eigenvalue weighted by atomic mass is 16.5.